The zero-order valence-electron chi connectivity index (χ0n) is 9.68. The lowest BCUT2D eigenvalue weighted by Crippen LogP contribution is -2.07. The fourth-order valence-corrected chi connectivity index (χ4v) is 1.55. The Morgan fingerprint density at radius 3 is 2.36 bits per heavy atom. The van der Waals surface area contributed by atoms with Crippen molar-refractivity contribution in [2.75, 3.05) is 12.4 Å². The molecule has 0 aromatic carbocycles. The van der Waals surface area contributed by atoms with Gasteiger partial charge in [0.15, 0.2) is 0 Å². The summed E-state index contributed by atoms with van der Waals surface area (Å²) in [6.07, 6.45) is 0.884. The van der Waals surface area contributed by atoms with Gasteiger partial charge in [-0.15, -0.1) is 0 Å². The molecule has 1 rings (SSSR count). The van der Waals surface area contributed by atoms with Crippen LogP contribution in [0.4, 0.5) is 5.82 Å². The summed E-state index contributed by atoms with van der Waals surface area (Å²) >= 11 is 0. The average Bonchev–Trinajstić information content (AvgIpc) is 2.17. The lowest BCUT2D eigenvalue weighted by atomic mass is 10.1. The summed E-state index contributed by atoms with van der Waals surface area (Å²) in [6.45, 7) is 8.47. The van der Waals surface area contributed by atoms with Gasteiger partial charge in [0.2, 0.25) is 0 Å². The van der Waals surface area contributed by atoms with E-state index in [1.165, 1.54) is 5.56 Å². The van der Waals surface area contributed by atoms with Crippen LogP contribution in [-0.4, -0.2) is 17.0 Å². The summed E-state index contributed by atoms with van der Waals surface area (Å²) in [5.41, 5.74) is 2.32. The molecule has 0 aliphatic carbocycles. The molecule has 0 atom stereocenters. The zero-order chi connectivity index (χ0) is 10.7. The first-order chi connectivity index (χ1) is 6.60. The number of hydrogen-bond acceptors (Lipinski definition) is 3. The summed E-state index contributed by atoms with van der Waals surface area (Å²) in [6, 6.07) is 0. The van der Waals surface area contributed by atoms with E-state index in [2.05, 4.69) is 43.0 Å². The second-order valence-corrected chi connectivity index (χ2v) is 3.76. The molecule has 0 aliphatic heterocycles. The molecule has 3 heteroatoms. The number of nitrogens with one attached hydrogen (secondary N) is 1. The molecule has 0 bridgehead atoms. The van der Waals surface area contributed by atoms with Crippen LogP contribution in [0.3, 0.4) is 0 Å². The molecule has 0 unspecified atom stereocenters. The van der Waals surface area contributed by atoms with E-state index in [0.29, 0.717) is 5.92 Å². The van der Waals surface area contributed by atoms with Gasteiger partial charge < -0.3 is 5.32 Å². The fourth-order valence-electron chi connectivity index (χ4n) is 1.55. The van der Waals surface area contributed by atoms with E-state index < -0.39 is 0 Å². The van der Waals surface area contributed by atoms with Crippen molar-refractivity contribution in [3.05, 3.63) is 17.1 Å². The van der Waals surface area contributed by atoms with Gasteiger partial charge in [0.05, 0.1) is 5.69 Å². The molecule has 0 aliphatic rings. The highest BCUT2D eigenvalue weighted by Crippen LogP contribution is 2.21. The van der Waals surface area contributed by atoms with Gasteiger partial charge in [-0.25, -0.2) is 9.97 Å². The summed E-state index contributed by atoms with van der Waals surface area (Å²) < 4.78 is 0. The fraction of sp³-hybridized carbons (Fsp3) is 0.636. The van der Waals surface area contributed by atoms with Crippen LogP contribution in [0.2, 0.25) is 0 Å². The molecule has 3 nitrogen and oxygen atoms in total. The quantitative estimate of drug-likeness (QED) is 0.801. The highest BCUT2D eigenvalue weighted by molar-refractivity contribution is 5.46. The van der Waals surface area contributed by atoms with Gasteiger partial charge >= 0.3 is 0 Å². The summed E-state index contributed by atoms with van der Waals surface area (Å²) in [7, 11) is 1.90. The molecule has 0 fully saturated rings. The Morgan fingerprint density at radius 1 is 1.29 bits per heavy atom. The van der Waals surface area contributed by atoms with Crippen molar-refractivity contribution in [2.45, 2.75) is 40.0 Å². The highest BCUT2D eigenvalue weighted by Gasteiger charge is 2.11. The molecule has 1 aromatic rings. The maximum absolute atomic E-state index is 4.55. The van der Waals surface area contributed by atoms with Crippen molar-refractivity contribution in [1.82, 2.24) is 9.97 Å². The molecule has 0 saturated carbocycles. The molecule has 78 valence electrons. The minimum absolute atomic E-state index is 0.454. The number of aryl methyl sites for hydroxylation is 1. The van der Waals surface area contributed by atoms with Crippen LogP contribution in [0.15, 0.2) is 0 Å². The monoisotopic (exact) mass is 193 g/mol. The van der Waals surface area contributed by atoms with E-state index in [1.54, 1.807) is 0 Å². The van der Waals surface area contributed by atoms with Crippen LogP contribution < -0.4 is 5.32 Å². The third-order valence-electron chi connectivity index (χ3n) is 2.33. The van der Waals surface area contributed by atoms with Crippen molar-refractivity contribution in [3.8, 4) is 0 Å². The second-order valence-electron chi connectivity index (χ2n) is 3.76. The zero-order valence-corrected chi connectivity index (χ0v) is 9.68. The number of hydrogen-bond donors (Lipinski definition) is 1. The van der Waals surface area contributed by atoms with E-state index >= 15 is 0 Å². The van der Waals surface area contributed by atoms with Crippen LogP contribution in [0.1, 0.15) is 43.8 Å². The summed E-state index contributed by atoms with van der Waals surface area (Å²) in [5, 5.41) is 3.11. The SMILES string of the molecule is CCc1nc(NC)c(C)c(C(C)C)n1. The molecule has 1 heterocycles. The highest BCUT2D eigenvalue weighted by atomic mass is 15.0. The Hall–Kier alpha value is -1.12. The van der Waals surface area contributed by atoms with Crippen molar-refractivity contribution >= 4 is 5.82 Å². The predicted molar refractivity (Wildman–Crippen MR) is 59.8 cm³/mol. The smallest absolute Gasteiger partial charge is 0.132 e. The first-order valence-corrected chi connectivity index (χ1v) is 5.15. The van der Waals surface area contributed by atoms with Crippen LogP contribution in [0, 0.1) is 6.92 Å². The van der Waals surface area contributed by atoms with E-state index in [-0.39, 0.29) is 0 Å². The van der Waals surface area contributed by atoms with Crippen molar-refractivity contribution < 1.29 is 0 Å². The van der Waals surface area contributed by atoms with E-state index in [0.717, 1.165) is 23.8 Å². The molecule has 0 radical (unpaired) electrons. The van der Waals surface area contributed by atoms with Gasteiger partial charge in [-0.2, -0.15) is 0 Å². The Labute approximate surface area is 86.0 Å². The molecular weight excluding hydrogens is 174 g/mol. The average molecular weight is 193 g/mol. The Morgan fingerprint density at radius 2 is 1.93 bits per heavy atom. The third kappa shape index (κ3) is 2.03. The first kappa shape index (κ1) is 11.0. The van der Waals surface area contributed by atoms with E-state index in [4.69, 9.17) is 0 Å². The number of rotatable bonds is 3. The van der Waals surface area contributed by atoms with Crippen molar-refractivity contribution in [1.29, 1.82) is 0 Å². The van der Waals surface area contributed by atoms with Gasteiger partial charge in [-0.05, 0) is 12.8 Å². The minimum Gasteiger partial charge on any atom is -0.373 e. The Balaban J connectivity index is 3.27. The van der Waals surface area contributed by atoms with Crippen LogP contribution in [0.25, 0.3) is 0 Å². The first-order valence-electron chi connectivity index (χ1n) is 5.15. The number of nitrogens with zero attached hydrogens (tertiary/aromatic N) is 2. The Bertz CT molecular complexity index is 319. The van der Waals surface area contributed by atoms with E-state index in [1.807, 2.05) is 7.05 Å². The standard InChI is InChI=1S/C11H19N3/c1-6-9-13-10(7(2)3)8(4)11(12-5)14-9/h7H,6H2,1-5H3,(H,12,13,14). The molecule has 0 spiro atoms. The molecular formula is C11H19N3. The van der Waals surface area contributed by atoms with Gasteiger partial charge in [0, 0.05) is 19.0 Å². The second kappa shape index (κ2) is 4.40. The van der Waals surface area contributed by atoms with Gasteiger partial charge in [-0.3, -0.25) is 0 Å². The largest absolute Gasteiger partial charge is 0.373 e. The Kier molecular flexibility index (Phi) is 3.44. The number of aromatic nitrogens is 2. The maximum Gasteiger partial charge on any atom is 0.132 e. The lowest BCUT2D eigenvalue weighted by molar-refractivity contribution is 0.776. The van der Waals surface area contributed by atoms with Crippen LogP contribution >= 0.6 is 0 Å². The normalized spacial score (nSPS) is 10.7. The predicted octanol–water partition coefficient (Wildman–Crippen LogP) is 2.51. The van der Waals surface area contributed by atoms with Gasteiger partial charge in [0.1, 0.15) is 11.6 Å². The van der Waals surface area contributed by atoms with Gasteiger partial charge in [0.25, 0.3) is 0 Å². The molecule has 14 heavy (non-hydrogen) atoms. The lowest BCUT2D eigenvalue weighted by Gasteiger charge is -2.13. The molecule has 1 aromatic heterocycles. The molecule has 0 saturated heterocycles. The van der Waals surface area contributed by atoms with Gasteiger partial charge in [-0.1, -0.05) is 20.8 Å². The van der Waals surface area contributed by atoms with Crippen LogP contribution in [-0.2, 0) is 6.42 Å². The summed E-state index contributed by atoms with van der Waals surface area (Å²) in [4.78, 5) is 8.98. The van der Waals surface area contributed by atoms with Crippen molar-refractivity contribution in [2.24, 2.45) is 0 Å². The molecule has 0 amide bonds. The van der Waals surface area contributed by atoms with Crippen molar-refractivity contribution in [3.63, 3.8) is 0 Å². The summed E-state index contributed by atoms with van der Waals surface area (Å²) in [5.74, 6) is 2.33. The third-order valence-corrected chi connectivity index (χ3v) is 2.33. The minimum atomic E-state index is 0.454. The van der Waals surface area contributed by atoms with E-state index in [9.17, 15) is 0 Å². The molecule has 1 N–H and O–H groups in total. The number of anilines is 1. The van der Waals surface area contributed by atoms with Crippen LogP contribution in [0.5, 0.6) is 0 Å². The maximum atomic E-state index is 4.55. The topological polar surface area (TPSA) is 37.8 Å².